The Morgan fingerprint density at radius 1 is 1.18 bits per heavy atom. The van der Waals surface area contributed by atoms with E-state index in [0.717, 1.165) is 18.4 Å². The summed E-state index contributed by atoms with van der Waals surface area (Å²) in [6.07, 6.45) is 3.53. The molecule has 1 aromatic rings. The molecule has 0 saturated heterocycles. The van der Waals surface area contributed by atoms with E-state index in [1.165, 1.54) is 0 Å². The molecule has 0 unspecified atom stereocenters. The van der Waals surface area contributed by atoms with E-state index in [1.54, 1.807) is 6.92 Å². The van der Waals surface area contributed by atoms with Crippen LogP contribution >= 0.6 is 0 Å². The molecular formula is C23H38O4Si. The molecule has 0 heterocycles. The van der Waals surface area contributed by atoms with Crippen LogP contribution in [-0.4, -0.2) is 33.6 Å². The van der Waals surface area contributed by atoms with Crippen molar-refractivity contribution in [1.29, 1.82) is 0 Å². The maximum atomic E-state index is 11.8. The highest BCUT2D eigenvalue weighted by atomic mass is 28.4. The standard InChI is InChI=1S/C23H38O4Si/c1-8-26-22(24)19(2)13-12-16-21(27-28(6,7)23(3,4)5)18-25-17-20-14-10-9-11-15-20/h9-11,13-15,21H,8,12,16-18H2,1-7H3/b19-13+/t21-/m1/s1. The third kappa shape index (κ3) is 8.72. The Hall–Kier alpha value is -1.43. The van der Waals surface area contributed by atoms with Gasteiger partial charge in [0.25, 0.3) is 0 Å². The van der Waals surface area contributed by atoms with Crippen LogP contribution < -0.4 is 0 Å². The van der Waals surface area contributed by atoms with Gasteiger partial charge in [0.2, 0.25) is 0 Å². The smallest absolute Gasteiger partial charge is 0.333 e. The quantitative estimate of drug-likeness (QED) is 0.261. The predicted octanol–water partition coefficient (Wildman–Crippen LogP) is 5.88. The van der Waals surface area contributed by atoms with Gasteiger partial charge in [-0.05, 0) is 50.4 Å². The van der Waals surface area contributed by atoms with Crippen molar-refractivity contribution in [3.63, 3.8) is 0 Å². The minimum absolute atomic E-state index is 0.0100. The van der Waals surface area contributed by atoms with E-state index in [1.807, 2.05) is 31.2 Å². The van der Waals surface area contributed by atoms with Gasteiger partial charge in [0.05, 0.1) is 25.9 Å². The molecule has 0 bridgehead atoms. The Morgan fingerprint density at radius 2 is 1.82 bits per heavy atom. The zero-order valence-electron chi connectivity index (χ0n) is 18.7. The fourth-order valence-corrected chi connectivity index (χ4v) is 3.84. The van der Waals surface area contributed by atoms with Crippen molar-refractivity contribution in [2.75, 3.05) is 13.2 Å². The maximum Gasteiger partial charge on any atom is 0.333 e. The lowest BCUT2D eigenvalue weighted by Gasteiger charge is -2.39. The lowest BCUT2D eigenvalue weighted by atomic mass is 10.1. The number of rotatable bonds is 11. The molecule has 1 aromatic carbocycles. The summed E-state index contributed by atoms with van der Waals surface area (Å²) in [7, 11) is -1.90. The van der Waals surface area contributed by atoms with Gasteiger partial charge in [-0.2, -0.15) is 0 Å². The zero-order valence-corrected chi connectivity index (χ0v) is 19.7. The summed E-state index contributed by atoms with van der Waals surface area (Å²) in [5, 5.41) is 0.140. The topological polar surface area (TPSA) is 44.8 Å². The van der Waals surface area contributed by atoms with Crippen LogP contribution in [0.15, 0.2) is 42.0 Å². The normalized spacial score (nSPS) is 14.0. The first-order valence-electron chi connectivity index (χ1n) is 10.2. The van der Waals surface area contributed by atoms with E-state index in [4.69, 9.17) is 13.9 Å². The number of allylic oxidation sites excluding steroid dienone is 1. The Bertz CT molecular complexity index is 617. The average Bonchev–Trinajstić information content (AvgIpc) is 2.61. The van der Waals surface area contributed by atoms with Crippen molar-refractivity contribution < 1.29 is 18.7 Å². The molecule has 0 spiro atoms. The fourth-order valence-electron chi connectivity index (χ4n) is 2.47. The third-order valence-electron chi connectivity index (χ3n) is 5.22. The van der Waals surface area contributed by atoms with Gasteiger partial charge in [0.15, 0.2) is 8.32 Å². The molecule has 0 aromatic heterocycles. The van der Waals surface area contributed by atoms with Crippen molar-refractivity contribution in [2.24, 2.45) is 0 Å². The Kier molecular flexibility index (Phi) is 10.1. The molecule has 0 aliphatic carbocycles. The molecule has 28 heavy (non-hydrogen) atoms. The number of hydrogen-bond acceptors (Lipinski definition) is 4. The lowest BCUT2D eigenvalue weighted by molar-refractivity contribution is -0.138. The van der Waals surface area contributed by atoms with Crippen molar-refractivity contribution >= 4 is 14.3 Å². The number of ether oxygens (including phenoxy) is 2. The van der Waals surface area contributed by atoms with E-state index < -0.39 is 8.32 Å². The van der Waals surface area contributed by atoms with Crippen LogP contribution in [0.25, 0.3) is 0 Å². The molecule has 0 radical (unpaired) electrons. The molecule has 0 aliphatic rings. The summed E-state index contributed by atoms with van der Waals surface area (Å²) in [5.74, 6) is -0.246. The van der Waals surface area contributed by atoms with Crippen molar-refractivity contribution in [3.8, 4) is 0 Å². The van der Waals surface area contributed by atoms with Gasteiger partial charge < -0.3 is 13.9 Å². The van der Waals surface area contributed by atoms with Gasteiger partial charge in [0.1, 0.15) is 0 Å². The Balaban J connectivity index is 2.69. The molecule has 0 saturated carbocycles. The molecule has 158 valence electrons. The van der Waals surface area contributed by atoms with Crippen LogP contribution in [0.5, 0.6) is 0 Å². The van der Waals surface area contributed by atoms with Crippen molar-refractivity contribution in [2.45, 2.75) is 78.3 Å². The molecule has 0 N–H and O–H groups in total. The van der Waals surface area contributed by atoms with Gasteiger partial charge in [0, 0.05) is 5.57 Å². The lowest BCUT2D eigenvalue weighted by Crippen LogP contribution is -2.45. The van der Waals surface area contributed by atoms with Crippen LogP contribution in [0.3, 0.4) is 0 Å². The van der Waals surface area contributed by atoms with Crippen LogP contribution in [-0.2, 0) is 25.3 Å². The summed E-state index contributed by atoms with van der Waals surface area (Å²) in [6, 6.07) is 10.2. The number of benzene rings is 1. The average molecular weight is 407 g/mol. The molecule has 0 fully saturated rings. The van der Waals surface area contributed by atoms with Gasteiger partial charge >= 0.3 is 5.97 Å². The monoisotopic (exact) mass is 406 g/mol. The van der Waals surface area contributed by atoms with Gasteiger partial charge in [-0.3, -0.25) is 0 Å². The first-order chi connectivity index (χ1) is 13.1. The zero-order chi connectivity index (χ0) is 21.2. The van der Waals surface area contributed by atoms with Crippen LogP contribution in [0.1, 0.15) is 53.0 Å². The highest BCUT2D eigenvalue weighted by molar-refractivity contribution is 6.74. The molecule has 4 nitrogen and oxygen atoms in total. The number of carbonyl (C=O) groups is 1. The van der Waals surface area contributed by atoms with Gasteiger partial charge in [-0.25, -0.2) is 4.79 Å². The summed E-state index contributed by atoms with van der Waals surface area (Å²) in [4.78, 5) is 11.8. The third-order valence-corrected chi connectivity index (χ3v) is 9.75. The predicted molar refractivity (Wildman–Crippen MR) is 118 cm³/mol. The van der Waals surface area contributed by atoms with E-state index in [9.17, 15) is 4.79 Å². The van der Waals surface area contributed by atoms with Crippen molar-refractivity contribution in [1.82, 2.24) is 0 Å². The highest BCUT2D eigenvalue weighted by Gasteiger charge is 2.39. The number of esters is 1. The maximum absolute atomic E-state index is 11.8. The fraction of sp³-hybridized carbons (Fsp3) is 0.609. The number of carbonyl (C=O) groups excluding carboxylic acids is 1. The van der Waals surface area contributed by atoms with Crippen molar-refractivity contribution in [3.05, 3.63) is 47.5 Å². The molecular weight excluding hydrogens is 368 g/mol. The SMILES string of the molecule is CCOC(=O)/C(C)=C/CC[C@H](COCc1ccccc1)O[Si](C)(C)C(C)(C)C. The summed E-state index contributed by atoms with van der Waals surface area (Å²) in [5.41, 5.74) is 1.81. The molecule has 1 rings (SSSR count). The Labute approximate surface area is 172 Å². The van der Waals surface area contributed by atoms with E-state index in [2.05, 4.69) is 46.0 Å². The largest absolute Gasteiger partial charge is 0.463 e. The summed E-state index contributed by atoms with van der Waals surface area (Å²) in [6.45, 7) is 16.4. The van der Waals surface area contributed by atoms with Crippen LogP contribution in [0.2, 0.25) is 18.1 Å². The van der Waals surface area contributed by atoms with E-state index in [-0.39, 0.29) is 17.1 Å². The van der Waals surface area contributed by atoms with E-state index in [0.29, 0.717) is 25.4 Å². The van der Waals surface area contributed by atoms with Crippen LogP contribution in [0.4, 0.5) is 0 Å². The first-order valence-corrected chi connectivity index (χ1v) is 13.1. The second-order valence-corrected chi connectivity index (χ2v) is 13.4. The highest BCUT2D eigenvalue weighted by Crippen LogP contribution is 2.37. The second kappa shape index (κ2) is 11.5. The molecule has 0 aliphatic heterocycles. The summed E-state index contributed by atoms with van der Waals surface area (Å²) < 4.78 is 17.6. The Morgan fingerprint density at radius 3 is 2.39 bits per heavy atom. The minimum atomic E-state index is -1.90. The first kappa shape index (κ1) is 24.6. The summed E-state index contributed by atoms with van der Waals surface area (Å²) >= 11 is 0. The second-order valence-electron chi connectivity index (χ2n) is 8.69. The number of hydrogen-bond donors (Lipinski definition) is 0. The minimum Gasteiger partial charge on any atom is -0.463 e. The molecule has 5 heteroatoms. The van der Waals surface area contributed by atoms with Gasteiger partial charge in [-0.1, -0.05) is 57.2 Å². The van der Waals surface area contributed by atoms with E-state index >= 15 is 0 Å². The molecule has 0 amide bonds. The molecule has 1 atom stereocenters. The van der Waals surface area contributed by atoms with Gasteiger partial charge in [-0.15, -0.1) is 0 Å². The van der Waals surface area contributed by atoms with Crippen LogP contribution in [0, 0.1) is 0 Å².